The van der Waals surface area contributed by atoms with Crippen LogP contribution in [-0.4, -0.2) is 54.1 Å². The fourth-order valence-electron chi connectivity index (χ4n) is 3.74. The van der Waals surface area contributed by atoms with Gasteiger partial charge < -0.3 is 24.4 Å². The number of carbonyl (C=O) groups excluding carboxylic acids is 1. The van der Waals surface area contributed by atoms with Crippen molar-refractivity contribution >= 4 is 33.0 Å². The van der Waals surface area contributed by atoms with Crippen molar-refractivity contribution in [3.63, 3.8) is 0 Å². The average Bonchev–Trinajstić information content (AvgIpc) is 2.89. The van der Waals surface area contributed by atoms with Gasteiger partial charge in [-0.25, -0.2) is 8.42 Å². The van der Waals surface area contributed by atoms with E-state index >= 15 is 0 Å². The fraction of sp³-hybridized carbons (Fsp3) is 0.240. The van der Waals surface area contributed by atoms with Gasteiger partial charge in [-0.1, -0.05) is 0 Å². The zero-order valence-electron chi connectivity index (χ0n) is 20.1. The van der Waals surface area contributed by atoms with Crippen molar-refractivity contribution in [2.75, 3.05) is 48.4 Å². The first kappa shape index (κ1) is 27.1. The van der Waals surface area contributed by atoms with Crippen LogP contribution in [0.5, 0.6) is 11.5 Å². The van der Waals surface area contributed by atoms with Crippen LogP contribution in [0, 0.1) is 0 Å². The largest absolute Gasteiger partial charge is 0.573 e. The first-order valence-corrected chi connectivity index (χ1v) is 12.8. The van der Waals surface area contributed by atoms with E-state index in [9.17, 15) is 26.4 Å². The summed E-state index contributed by atoms with van der Waals surface area (Å²) in [6.45, 7) is 1.94. The highest BCUT2D eigenvalue weighted by Crippen LogP contribution is 2.31. The standard InChI is InChI=1S/C25H24F3N3O6S/c1-35-19-8-4-18(5-9-19)30-38(33,34)21-10-11-23(31-12-14-36-15-13-31)22(16-21)29-24(32)17-2-6-20(7-3-17)37-25(26,27)28/h2-11,16,30H,12-15H2,1H3,(H,29,32). The molecular formula is C25H24F3N3O6S. The van der Waals surface area contributed by atoms with Gasteiger partial charge in [-0.3, -0.25) is 9.52 Å². The normalized spacial score (nSPS) is 14.1. The van der Waals surface area contributed by atoms with Gasteiger partial charge in [0.25, 0.3) is 15.9 Å². The van der Waals surface area contributed by atoms with Gasteiger partial charge in [-0.2, -0.15) is 0 Å². The number of methoxy groups -OCH3 is 1. The monoisotopic (exact) mass is 551 g/mol. The maximum absolute atomic E-state index is 13.1. The molecule has 1 aliphatic heterocycles. The maximum Gasteiger partial charge on any atom is 0.573 e. The number of alkyl halides is 3. The number of hydrogen-bond acceptors (Lipinski definition) is 7. The smallest absolute Gasteiger partial charge is 0.497 e. The van der Waals surface area contributed by atoms with Gasteiger partial charge in [0.2, 0.25) is 0 Å². The third kappa shape index (κ3) is 6.86. The summed E-state index contributed by atoms with van der Waals surface area (Å²) in [5, 5.41) is 2.69. The Morgan fingerprint density at radius 2 is 1.58 bits per heavy atom. The molecule has 0 atom stereocenters. The van der Waals surface area contributed by atoms with E-state index in [1.165, 1.54) is 31.4 Å². The summed E-state index contributed by atoms with van der Waals surface area (Å²) in [5.74, 6) is -0.553. The molecule has 4 rings (SSSR count). The van der Waals surface area contributed by atoms with Gasteiger partial charge in [0, 0.05) is 24.3 Å². The lowest BCUT2D eigenvalue weighted by atomic mass is 10.1. The topological polar surface area (TPSA) is 106 Å². The molecule has 202 valence electrons. The molecule has 3 aromatic rings. The van der Waals surface area contributed by atoms with Crippen LogP contribution in [0.25, 0.3) is 0 Å². The summed E-state index contributed by atoms with van der Waals surface area (Å²) >= 11 is 0. The van der Waals surface area contributed by atoms with Gasteiger partial charge in [0.1, 0.15) is 11.5 Å². The second-order valence-electron chi connectivity index (χ2n) is 8.14. The van der Waals surface area contributed by atoms with E-state index in [-0.39, 0.29) is 16.1 Å². The van der Waals surface area contributed by atoms with Gasteiger partial charge >= 0.3 is 6.36 Å². The molecule has 0 spiro atoms. The molecule has 0 unspecified atom stereocenters. The molecule has 38 heavy (non-hydrogen) atoms. The minimum atomic E-state index is -4.86. The molecule has 1 aliphatic rings. The zero-order valence-corrected chi connectivity index (χ0v) is 20.9. The molecular weight excluding hydrogens is 527 g/mol. The van der Waals surface area contributed by atoms with E-state index in [0.29, 0.717) is 43.4 Å². The highest BCUT2D eigenvalue weighted by molar-refractivity contribution is 7.92. The van der Waals surface area contributed by atoms with Crippen molar-refractivity contribution in [1.29, 1.82) is 0 Å². The Balaban J connectivity index is 1.61. The van der Waals surface area contributed by atoms with Crippen molar-refractivity contribution in [2.45, 2.75) is 11.3 Å². The highest BCUT2D eigenvalue weighted by atomic mass is 32.2. The van der Waals surface area contributed by atoms with E-state index in [2.05, 4.69) is 14.8 Å². The number of benzene rings is 3. The number of halogens is 3. The fourth-order valence-corrected chi connectivity index (χ4v) is 4.82. The van der Waals surface area contributed by atoms with E-state index in [0.717, 1.165) is 12.1 Å². The quantitative estimate of drug-likeness (QED) is 0.425. The Bertz CT molecular complexity index is 1370. The van der Waals surface area contributed by atoms with Crippen LogP contribution in [0.3, 0.4) is 0 Å². The Morgan fingerprint density at radius 1 is 0.947 bits per heavy atom. The Labute approximate surface area is 217 Å². The van der Waals surface area contributed by atoms with Crippen LogP contribution in [0.1, 0.15) is 10.4 Å². The second kappa shape index (κ2) is 11.2. The molecule has 1 amide bonds. The van der Waals surface area contributed by atoms with Crippen molar-refractivity contribution in [3.8, 4) is 11.5 Å². The van der Waals surface area contributed by atoms with Crippen LogP contribution < -0.4 is 24.4 Å². The Morgan fingerprint density at radius 3 is 2.18 bits per heavy atom. The first-order valence-electron chi connectivity index (χ1n) is 11.3. The molecule has 1 fully saturated rings. The molecule has 0 saturated carbocycles. The molecule has 0 bridgehead atoms. The number of amides is 1. The van der Waals surface area contributed by atoms with Crippen molar-refractivity contribution in [3.05, 3.63) is 72.3 Å². The number of ether oxygens (including phenoxy) is 3. The molecule has 9 nitrogen and oxygen atoms in total. The third-order valence-corrected chi connectivity index (χ3v) is 6.95. The van der Waals surface area contributed by atoms with Crippen molar-refractivity contribution < 1.29 is 40.6 Å². The average molecular weight is 552 g/mol. The van der Waals surface area contributed by atoms with Crippen LogP contribution in [0.15, 0.2) is 71.6 Å². The van der Waals surface area contributed by atoms with E-state index in [1.54, 1.807) is 30.3 Å². The summed E-state index contributed by atoms with van der Waals surface area (Å²) in [5.41, 5.74) is 1.15. The first-order chi connectivity index (χ1) is 18.0. The highest BCUT2D eigenvalue weighted by Gasteiger charge is 2.31. The maximum atomic E-state index is 13.1. The van der Waals surface area contributed by atoms with Crippen molar-refractivity contribution in [1.82, 2.24) is 0 Å². The van der Waals surface area contributed by atoms with Crippen LogP contribution in [-0.2, 0) is 14.8 Å². The number of nitrogens with zero attached hydrogens (tertiary/aromatic N) is 1. The zero-order chi connectivity index (χ0) is 27.3. The minimum absolute atomic E-state index is 0.0528. The SMILES string of the molecule is COc1ccc(NS(=O)(=O)c2ccc(N3CCOCC3)c(NC(=O)c3ccc(OC(F)(F)F)cc3)c2)cc1. The van der Waals surface area contributed by atoms with Gasteiger partial charge in [0.15, 0.2) is 0 Å². The van der Waals surface area contributed by atoms with E-state index in [4.69, 9.17) is 9.47 Å². The third-order valence-electron chi connectivity index (χ3n) is 5.57. The predicted octanol–water partition coefficient (Wildman–Crippen LogP) is 4.48. The number of morpholine rings is 1. The lowest BCUT2D eigenvalue weighted by Crippen LogP contribution is -2.36. The summed E-state index contributed by atoms with van der Waals surface area (Å²) in [6, 6.07) is 15.0. The molecule has 13 heteroatoms. The molecule has 0 aliphatic carbocycles. The summed E-state index contributed by atoms with van der Waals surface area (Å²) < 4.78 is 80.3. The van der Waals surface area contributed by atoms with Crippen LogP contribution >= 0.6 is 0 Å². The summed E-state index contributed by atoms with van der Waals surface area (Å²) in [4.78, 5) is 14.8. The number of hydrogen-bond donors (Lipinski definition) is 2. The van der Waals surface area contributed by atoms with Crippen LogP contribution in [0.2, 0.25) is 0 Å². The minimum Gasteiger partial charge on any atom is -0.497 e. The van der Waals surface area contributed by atoms with Gasteiger partial charge in [-0.15, -0.1) is 13.2 Å². The number of nitrogens with one attached hydrogen (secondary N) is 2. The van der Waals surface area contributed by atoms with Gasteiger partial charge in [0.05, 0.1) is 36.6 Å². The predicted molar refractivity (Wildman–Crippen MR) is 134 cm³/mol. The molecule has 1 heterocycles. The number of sulfonamides is 1. The lowest BCUT2D eigenvalue weighted by molar-refractivity contribution is -0.274. The summed E-state index contributed by atoms with van der Waals surface area (Å²) in [7, 11) is -2.54. The number of rotatable bonds is 8. The molecule has 0 radical (unpaired) electrons. The second-order valence-corrected chi connectivity index (χ2v) is 9.82. The lowest BCUT2D eigenvalue weighted by Gasteiger charge is -2.30. The number of carbonyl (C=O) groups is 1. The summed E-state index contributed by atoms with van der Waals surface area (Å²) in [6.07, 6.45) is -4.86. The van der Waals surface area contributed by atoms with Crippen molar-refractivity contribution in [2.24, 2.45) is 0 Å². The Kier molecular flexibility index (Phi) is 7.97. The molecule has 1 saturated heterocycles. The molecule has 2 N–H and O–H groups in total. The van der Waals surface area contributed by atoms with E-state index < -0.39 is 28.0 Å². The van der Waals surface area contributed by atoms with Crippen LogP contribution in [0.4, 0.5) is 30.2 Å². The number of anilines is 3. The molecule has 0 aromatic heterocycles. The van der Waals surface area contributed by atoms with E-state index in [1.807, 2.05) is 4.90 Å². The molecule has 3 aromatic carbocycles. The Hall–Kier alpha value is -3.97. The van der Waals surface area contributed by atoms with Gasteiger partial charge in [-0.05, 0) is 66.7 Å².